The number of nitrogens with zero attached hydrogens (tertiary/aromatic N) is 3. The van der Waals surface area contributed by atoms with Crippen LogP contribution in [-0.2, 0) is 0 Å². The molecule has 12 aromatic rings. The lowest BCUT2D eigenvalue weighted by Crippen LogP contribution is -2.10. The van der Waals surface area contributed by atoms with Gasteiger partial charge in [0.15, 0.2) is 0 Å². The van der Waals surface area contributed by atoms with E-state index in [2.05, 4.69) is 205 Å². The zero-order chi connectivity index (χ0) is 41.0. The molecule has 0 aliphatic rings. The fraction of sp³-hybridized carbons (Fsp3) is 0. The van der Waals surface area contributed by atoms with Crippen LogP contribution in [0.25, 0.3) is 99.3 Å². The summed E-state index contributed by atoms with van der Waals surface area (Å²) in [5.74, 6) is 0. The second-order valence-corrected chi connectivity index (χ2v) is 15.8. The van der Waals surface area contributed by atoms with Crippen molar-refractivity contribution < 1.29 is 4.42 Å². The molecule has 12 rings (SSSR count). The summed E-state index contributed by atoms with van der Waals surface area (Å²) in [7, 11) is 0. The van der Waals surface area contributed by atoms with Crippen molar-refractivity contribution in [2.24, 2.45) is 0 Å². The average Bonchev–Trinajstić information content (AvgIpc) is 3.72. The first-order valence-corrected chi connectivity index (χ1v) is 21.0. The number of furan rings is 1. The van der Waals surface area contributed by atoms with Gasteiger partial charge in [-0.1, -0.05) is 164 Å². The van der Waals surface area contributed by atoms with E-state index in [0.29, 0.717) is 0 Å². The van der Waals surface area contributed by atoms with Crippen LogP contribution in [0.2, 0.25) is 0 Å². The Bertz CT molecular complexity index is 3640. The number of aromatic nitrogens is 2. The molecule has 2 heterocycles. The van der Waals surface area contributed by atoms with Crippen molar-refractivity contribution in [3.05, 3.63) is 224 Å². The molecule has 2 aromatic heterocycles. The van der Waals surface area contributed by atoms with Gasteiger partial charge in [-0.15, -0.1) is 0 Å². The van der Waals surface area contributed by atoms with Gasteiger partial charge in [0.1, 0.15) is 11.2 Å². The van der Waals surface area contributed by atoms with Crippen molar-refractivity contribution in [1.82, 2.24) is 9.97 Å². The molecular formula is C58H37N3O. The first-order chi connectivity index (χ1) is 30.7. The molecule has 0 atom stereocenters. The lowest BCUT2D eigenvalue weighted by Gasteiger charge is -2.26. The van der Waals surface area contributed by atoms with Crippen LogP contribution in [-0.4, -0.2) is 9.97 Å². The highest BCUT2D eigenvalue weighted by molar-refractivity contribution is 6.19. The molecule has 0 aliphatic heterocycles. The van der Waals surface area contributed by atoms with Gasteiger partial charge in [-0.2, -0.15) is 0 Å². The Morgan fingerprint density at radius 1 is 0.323 bits per heavy atom. The smallest absolute Gasteiger partial charge is 0.135 e. The molecule has 0 radical (unpaired) electrons. The van der Waals surface area contributed by atoms with Crippen LogP contribution in [0.4, 0.5) is 17.1 Å². The fourth-order valence-corrected chi connectivity index (χ4v) is 9.01. The summed E-state index contributed by atoms with van der Waals surface area (Å²) in [6.07, 6.45) is 0. The Hall–Kier alpha value is -8.34. The number of anilines is 3. The van der Waals surface area contributed by atoms with Crippen LogP contribution in [0.1, 0.15) is 0 Å². The molecule has 0 N–H and O–H groups in total. The molecule has 0 aliphatic carbocycles. The van der Waals surface area contributed by atoms with Crippen LogP contribution in [0.3, 0.4) is 0 Å². The topological polar surface area (TPSA) is 42.2 Å². The quantitative estimate of drug-likeness (QED) is 0.151. The summed E-state index contributed by atoms with van der Waals surface area (Å²) in [4.78, 5) is 13.2. The molecule has 0 fully saturated rings. The molecular weight excluding hydrogens is 755 g/mol. The van der Waals surface area contributed by atoms with Gasteiger partial charge >= 0.3 is 0 Å². The third kappa shape index (κ3) is 6.16. The second kappa shape index (κ2) is 14.7. The van der Waals surface area contributed by atoms with Gasteiger partial charge in [-0.05, 0) is 99.1 Å². The molecule has 62 heavy (non-hydrogen) atoms. The minimum Gasteiger partial charge on any atom is -0.456 e. The molecule has 0 saturated carbocycles. The van der Waals surface area contributed by atoms with E-state index >= 15 is 0 Å². The minimum absolute atomic E-state index is 0.867. The molecule has 0 bridgehead atoms. The van der Waals surface area contributed by atoms with E-state index < -0.39 is 0 Å². The summed E-state index contributed by atoms with van der Waals surface area (Å²) in [6, 6.07) is 79.3. The Balaban J connectivity index is 1.04. The number of hydrogen-bond acceptors (Lipinski definition) is 4. The third-order valence-corrected chi connectivity index (χ3v) is 12.0. The zero-order valence-corrected chi connectivity index (χ0v) is 33.6. The predicted octanol–water partition coefficient (Wildman–Crippen LogP) is 16.0. The first kappa shape index (κ1) is 35.6. The maximum absolute atomic E-state index is 6.27. The molecule has 0 amide bonds. The van der Waals surface area contributed by atoms with E-state index in [1.807, 2.05) is 24.3 Å². The summed E-state index contributed by atoms with van der Waals surface area (Å²) in [5, 5.41) is 6.71. The van der Waals surface area contributed by atoms with Crippen LogP contribution >= 0.6 is 0 Å². The standard InChI is InChI=1S/C58H37N3O/c1-4-14-38(15-5-1)43-20-12-22-46(34-43)61(48-31-33-54-51(37-48)49-24-10-11-25-53(49)62-54)47-23-13-21-44(35-47)45-29-27-39-26-28-40-30-32-52-58(55(40)50(39)36-45)60-57(42-18-8-3-9-19-42)56(59-52)41-16-6-2-7-17-41/h1-37H. The number of fused-ring (bicyclic) bond motifs is 8. The van der Waals surface area contributed by atoms with Gasteiger partial charge in [0.2, 0.25) is 0 Å². The lowest BCUT2D eigenvalue weighted by atomic mass is 9.95. The summed E-state index contributed by atoms with van der Waals surface area (Å²) in [6.45, 7) is 0. The molecule has 0 saturated heterocycles. The lowest BCUT2D eigenvalue weighted by molar-refractivity contribution is 0.669. The van der Waals surface area contributed by atoms with Gasteiger partial charge in [0.25, 0.3) is 0 Å². The van der Waals surface area contributed by atoms with Crippen molar-refractivity contribution in [2.75, 3.05) is 4.90 Å². The molecule has 4 nitrogen and oxygen atoms in total. The maximum atomic E-state index is 6.27. The summed E-state index contributed by atoms with van der Waals surface area (Å²) >= 11 is 0. The normalized spacial score (nSPS) is 11.5. The van der Waals surface area contributed by atoms with Crippen molar-refractivity contribution in [2.45, 2.75) is 0 Å². The Morgan fingerprint density at radius 3 is 1.58 bits per heavy atom. The predicted molar refractivity (Wildman–Crippen MR) is 258 cm³/mol. The largest absolute Gasteiger partial charge is 0.456 e. The van der Waals surface area contributed by atoms with E-state index in [0.717, 1.165) is 111 Å². The van der Waals surface area contributed by atoms with Crippen LogP contribution < -0.4 is 4.90 Å². The van der Waals surface area contributed by atoms with Gasteiger partial charge < -0.3 is 9.32 Å². The van der Waals surface area contributed by atoms with Gasteiger partial charge in [-0.3, -0.25) is 0 Å². The Kier molecular flexibility index (Phi) is 8.46. The molecule has 290 valence electrons. The highest BCUT2D eigenvalue weighted by Gasteiger charge is 2.19. The van der Waals surface area contributed by atoms with Crippen LogP contribution in [0, 0.1) is 0 Å². The van der Waals surface area contributed by atoms with Crippen molar-refractivity contribution in [1.29, 1.82) is 0 Å². The van der Waals surface area contributed by atoms with E-state index in [-0.39, 0.29) is 0 Å². The van der Waals surface area contributed by atoms with E-state index in [1.54, 1.807) is 0 Å². The summed E-state index contributed by atoms with van der Waals surface area (Å²) < 4.78 is 6.27. The Labute approximate surface area is 358 Å². The highest BCUT2D eigenvalue weighted by atomic mass is 16.3. The van der Waals surface area contributed by atoms with Crippen molar-refractivity contribution >= 4 is 71.6 Å². The van der Waals surface area contributed by atoms with Crippen LogP contribution in [0.15, 0.2) is 229 Å². The first-order valence-electron chi connectivity index (χ1n) is 21.0. The van der Waals surface area contributed by atoms with E-state index in [9.17, 15) is 0 Å². The number of hydrogen-bond donors (Lipinski definition) is 0. The van der Waals surface area contributed by atoms with Gasteiger partial charge in [-0.25, -0.2) is 9.97 Å². The Morgan fingerprint density at radius 2 is 0.855 bits per heavy atom. The van der Waals surface area contributed by atoms with Crippen LogP contribution in [0.5, 0.6) is 0 Å². The third-order valence-electron chi connectivity index (χ3n) is 12.0. The second-order valence-electron chi connectivity index (χ2n) is 15.8. The van der Waals surface area contributed by atoms with Gasteiger partial charge in [0.05, 0.1) is 22.4 Å². The van der Waals surface area contributed by atoms with Crippen molar-refractivity contribution in [3.63, 3.8) is 0 Å². The minimum atomic E-state index is 0.867. The summed E-state index contributed by atoms with van der Waals surface area (Å²) in [5.41, 5.74) is 15.1. The zero-order valence-electron chi connectivity index (χ0n) is 33.6. The fourth-order valence-electron chi connectivity index (χ4n) is 9.01. The average molecular weight is 792 g/mol. The number of benzene rings is 10. The molecule has 10 aromatic carbocycles. The molecule has 0 unspecified atom stereocenters. The number of para-hydroxylation sites is 1. The monoisotopic (exact) mass is 791 g/mol. The molecule has 0 spiro atoms. The maximum Gasteiger partial charge on any atom is 0.135 e. The highest BCUT2D eigenvalue weighted by Crippen LogP contribution is 2.42. The number of rotatable bonds is 7. The SMILES string of the molecule is c1ccc(-c2cccc(N(c3cccc(-c4ccc5ccc6ccc7nc(-c8ccccc8)c(-c8ccccc8)nc7c6c5c4)c3)c3ccc4oc5ccccc5c4c3)c2)cc1. The van der Waals surface area contributed by atoms with Gasteiger partial charge in [0, 0.05) is 44.3 Å². The van der Waals surface area contributed by atoms with E-state index in [4.69, 9.17) is 14.4 Å². The van der Waals surface area contributed by atoms with Crippen molar-refractivity contribution in [3.8, 4) is 44.8 Å². The molecule has 4 heteroatoms. The van der Waals surface area contributed by atoms with E-state index in [1.165, 1.54) is 5.56 Å².